The second-order valence-electron chi connectivity index (χ2n) is 4.36. The van der Waals surface area contributed by atoms with Crippen molar-refractivity contribution in [3.8, 4) is 0 Å². The van der Waals surface area contributed by atoms with E-state index >= 15 is 0 Å². The van der Waals surface area contributed by atoms with Gasteiger partial charge in [-0.05, 0) is 30.5 Å². The van der Waals surface area contributed by atoms with Crippen molar-refractivity contribution in [3.63, 3.8) is 0 Å². The summed E-state index contributed by atoms with van der Waals surface area (Å²) in [6.07, 6.45) is 4.04. The van der Waals surface area contributed by atoms with Crippen LogP contribution >= 0.6 is 11.3 Å². The monoisotopic (exact) mass is 233 g/mol. The van der Waals surface area contributed by atoms with Crippen molar-refractivity contribution in [2.45, 2.75) is 31.8 Å². The molecule has 84 valence electrons. The normalized spacial score (nSPS) is 16.5. The Bertz CT molecular complexity index is 502. The van der Waals surface area contributed by atoms with Gasteiger partial charge in [0.15, 0.2) is 5.13 Å². The Labute approximate surface area is 98.7 Å². The molecule has 3 rings (SSSR count). The minimum atomic E-state index is 0.652. The summed E-state index contributed by atoms with van der Waals surface area (Å²) in [5, 5.41) is 4.21. The molecular weight excluding hydrogens is 218 g/mol. The number of nitrogen functional groups attached to an aromatic ring is 1. The molecule has 0 spiro atoms. The van der Waals surface area contributed by atoms with E-state index < -0.39 is 0 Å². The first-order valence-corrected chi connectivity index (χ1v) is 6.51. The van der Waals surface area contributed by atoms with Crippen LogP contribution in [0.2, 0.25) is 0 Å². The van der Waals surface area contributed by atoms with Crippen LogP contribution in [0.3, 0.4) is 0 Å². The molecule has 0 atom stereocenters. The maximum absolute atomic E-state index is 5.69. The van der Waals surface area contributed by atoms with Gasteiger partial charge in [0.1, 0.15) is 0 Å². The molecule has 2 aromatic rings. The van der Waals surface area contributed by atoms with Crippen molar-refractivity contribution in [2.75, 3.05) is 5.73 Å². The van der Waals surface area contributed by atoms with Gasteiger partial charge in [0.2, 0.25) is 0 Å². The Balaban J connectivity index is 1.75. The highest BCUT2D eigenvalue weighted by Crippen LogP contribution is 2.25. The molecule has 1 aliphatic rings. The highest BCUT2D eigenvalue weighted by molar-refractivity contribution is 7.22. The zero-order valence-corrected chi connectivity index (χ0v) is 9.89. The first-order valence-electron chi connectivity index (χ1n) is 5.69. The average molecular weight is 233 g/mol. The molecule has 16 heavy (non-hydrogen) atoms. The number of hydrogen-bond donors (Lipinski definition) is 2. The summed E-state index contributed by atoms with van der Waals surface area (Å²) in [7, 11) is 0. The Morgan fingerprint density at radius 2 is 2.31 bits per heavy atom. The van der Waals surface area contributed by atoms with Crippen LogP contribution in [0.25, 0.3) is 10.2 Å². The van der Waals surface area contributed by atoms with Crippen LogP contribution in [-0.2, 0) is 6.54 Å². The lowest BCUT2D eigenvalue weighted by molar-refractivity contribution is 0.338. The SMILES string of the molecule is Nc1nc2ccc(CNC3CCC3)cc2s1. The Morgan fingerprint density at radius 3 is 3.06 bits per heavy atom. The van der Waals surface area contributed by atoms with Crippen molar-refractivity contribution in [2.24, 2.45) is 0 Å². The summed E-state index contributed by atoms with van der Waals surface area (Å²) in [5.41, 5.74) is 8.02. The maximum Gasteiger partial charge on any atom is 0.181 e. The second kappa shape index (κ2) is 4.03. The summed E-state index contributed by atoms with van der Waals surface area (Å²) in [5.74, 6) is 0. The van der Waals surface area contributed by atoms with Crippen LogP contribution in [0.1, 0.15) is 24.8 Å². The molecule has 1 heterocycles. The fraction of sp³-hybridized carbons (Fsp3) is 0.417. The lowest BCUT2D eigenvalue weighted by Crippen LogP contribution is -2.34. The van der Waals surface area contributed by atoms with E-state index in [1.165, 1.54) is 29.5 Å². The van der Waals surface area contributed by atoms with Gasteiger partial charge in [-0.1, -0.05) is 23.8 Å². The molecule has 3 N–H and O–H groups in total. The largest absolute Gasteiger partial charge is 0.375 e. The molecule has 0 amide bonds. The third-order valence-electron chi connectivity index (χ3n) is 3.17. The Morgan fingerprint density at radius 1 is 1.44 bits per heavy atom. The standard InChI is InChI=1S/C12H15N3S/c13-12-15-10-5-4-8(6-11(10)16-12)7-14-9-2-1-3-9/h4-6,9,14H,1-3,7H2,(H2,13,15). The molecule has 1 aromatic heterocycles. The van der Waals surface area contributed by atoms with E-state index in [2.05, 4.69) is 28.5 Å². The van der Waals surface area contributed by atoms with Gasteiger partial charge in [0, 0.05) is 12.6 Å². The lowest BCUT2D eigenvalue weighted by Gasteiger charge is -2.26. The van der Waals surface area contributed by atoms with Gasteiger partial charge >= 0.3 is 0 Å². The molecule has 0 aliphatic heterocycles. The van der Waals surface area contributed by atoms with Crippen LogP contribution in [0.5, 0.6) is 0 Å². The second-order valence-corrected chi connectivity index (χ2v) is 5.43. The molecule has 0 unspecified atom stereocenters. The predicted octanol–water partition coefficient (Wildman–Crippen LogP) is 2.52. The number of hydrogen-bond acceptors (Lipinski definition) is 4. The molecule has 0 radical (unpaired) electrons. The van der Waals surface area contributed by atoms with Crippen LogP contribution in [-0.4, -0.2) is 11.0 Å². The third-order valence-corrected chi connectivity index (χ3v) is 4.02. The van der Waals surface area contributed by atoms with Crippen LogP contribution in [0.4, 0.5) is 5.13 Å². The van der Waals surface area contributed by atoms with Crippen molar-refractivity contribution in [1.82, 2.24) is 10.3 Å². The van der Waals surface area contributed by atoms with Gasteiger partial charge in [-0.2, -0.15) is 0 Å². The summed E-state index contributed by atoms with van der Waals surface area (Å²) in [6.45, 7) is 0.957. The van der Waals surface area contributed by atoms with E-state index in [0.29, 0.717) is 5.13 Å². The van der Waals surface area contributed by atoms with Gasteiger partial charge in [-0.3, -0.25) is 0 Å². The highest BCUT2D eigenvalue weighted by Gasteiger charge is 2.16. The summed E-state index contributed by atoms with van der Waals surface area (Å²) in [4.78, 5) is 4.25. The summed E-state index contributed by atoms with van der Waals surface area (Å²) in [6, 6.07) is 7.12. The van der Waals surface area contributed by atoms with Gasteiger partial charge < -0.3 is 11.1 Å². The predicted molar refractivity (Wildman–Crippen MR) is 68.5 cm³/mol. The van der Waals surface area contributed by atoms with E-state index in [-0.39, 0.29) is 0 Å². The van der Waals surface area contributed by atoms with E-state index in [4.69, 9.17) is 5.73 Å². The molecule has 1 aliphatic carbocycles. The molecule has 1 saturated carbocycles. The number of fused-ring (bicyclic) bond motifs is 1. The van der Waals surface area contributed by atoms with Crippen molar-refractivity contribution >= 4 is 26.7 Å². The molecule has 0 bridgehead atoms. The van der Waals surface area contributed by atoms with E-state index in [9.17, 15) is 0 Å². The van der Waals surface area contributed by atoms with E-state index in [0.717, 1.165) is 18.1 Å². The van der Waals surface area contributed by atoms with E-state index in [1.807, 2.05) is 0 Å². The minimum absolute atomic E-state index is 0.652. The van der Waals surface area contributed by atoms with Crippen LogP contribution in [0, 0.1) is 0 Å². The summed E-state index contributed by atoms with van der Waals surface area (Å²) >= 11 is 1.56. The fourth-order valence-electron chi connectivity index (χ4n) is 1.97. The number of anilines is 1. The molecule has 1 fully saturated rings. The quantitative estimate of drug-likeness (QED) is 0.856. The molecule has 0 saturated heterocycles. The topological polar surface area (TPSA) is 50.9 Å². The number of rotatable bonds is 3. The van der Waals surface area contributed by atoms with Crippen LogP contribution < -0.4 is 11.1 Å². The molecule has 1 aromatic carbocycles. The summed E-state index contributed by atoms with van der Waals surface area (Å²) < 4.78 is 1.19. The van der Waals surface area contributed by atoms with Crippen molar-refractivity contribution in [1.29, 1.82) is 0 Å². The van der Waals surface area contributed by atoms with E-state index in [1.54, 1.807) is 11.3 Å². The Kier molecular flexibility index (Phi) is 2.53. The van der Waals surface area contributed by atoms with Gasteiger partial charge in [-0.25, -0.2) is 4.98 Å². The van der Waals surface area contributed by atoms with Crippen molar-refractivity contribution in [3.05, 3.63) is 23.8 Å². The number of aromatic nitrogens is 1. The number of benzene rings is 1. The number of nitrogens with two attached hydrogens (primary N) is 1. The Hall–Kier alpha value is -1.13. The maximum atomic E-state index is 5.69. The zero-order valence-electron chi connectivity index (χ0n) is 9.07. The minimum Gasteiger partial charge on any atom is -0.375 e. The van der Waals surface area contributed by atoms with Gasteiger partial charge in [0.25, 0.3) is 0 Å². The number of nitrogens with zero attached hydrogens (tertiary/aromatic N) is 1. The lowest BCUT2D eigenvalue weighted by atomic mass is 9.93. The third kappa shape index (κ3) is 1.90. The van der Waals surface area contributed by atoms with Gasteiger partial charge in [0.05, 0.1) is 10.2 Å². The molecular formula is C12H15N3S. The highest BCUT2D eigenvalue weighted by atomic mass is 32.1. The number of thiazole rings is 1. The fourth-order valence-corrected chi connectivity index (χ4v) is 2.77. The smallest absolute Gasteiger partial charge is 0.181 e. The van der Waals surface area contributed by atoms with Crippen molar-refractivity contribution < 1.29 is 0 Å². The van der Waals surface area contributed by atoms with Crippen LogP contribution in [0.15, 0.2) is 18.2 Å². The average Bonchev–Trinajstić information content (AvgIpc) is 2.55. The molecule has 4 heteroatoms. The first-order chi connectivity index (χ1) is 7.81. The number of nitrogens with one attached hydrogen (secondary N) is 1. The first kappa shape index (κ1) is 10.1. The van der Waals surface area contributed by atoms with Gasteiger partial charge in [-0.15, -0.1) is 0 Å². The zero-order chi connectivity index (χ0) is 11.0. The molecule has 3 nitrogen and oxygen atoms in total.